The van der Waals surface area contributed by atoms with Crippen LogP contribution in [-0.4, -0.2) is 69.3 Å². The van der Waals surface area contributed by atoms with Crippen LogP contribution in [0.2, 0.25) is 0 Å². The zero-order valence-corrected chi connectivity index (χ0v) is 23.0. The summed E-state index contributed by atoms with van der Waals surface area (Å²) in [6.07, 6.45) is -4.69. The van der Waals surface area contributed by atoms with E-state index >= 15 is 0 Å². The number of carbonyl (C=O) groups excluding carboxylic acids is 4. The van der Waals surface area contributed by atoms with Crippen molar-refractivity contribution in [2.24, 2.45) is 11.8 Å². The molecule has 2 fully saturated rings. The van der Waals surface area contributed by atoms with Crippen LogP contribution in [0.1, 0.15) is 49.0 Å². The van der Waals surface area contributed by atoms with Crippen molar-refractivity contribution in [3.63, 3.8) is 0 Å². The molecule has 0 spiro atoms. The van der Waals surface area contributed by atoms with E-state index in [1.165, 1.54) is 38.1 Å². The number of esters is 2. The van der Waals surface area contributed by atoms with Crippen LogP contribution in [-0.2, 0) is 30.3 Å². The van der Waals surface area contributed by atoms with Gasteiger partial charge in [0.05, 0.1) is 23.6 Å². The normalized spacial score (nSPS) is 26.8. The van der Waals surface area contributed by atoms with Gasteiger partial charge in [0.15, 0.2) is 5.82 Å². The summed E-state index contributed by atoms with van der Waals surface area (Å²) >= 11 is 0. The third-order valence-electron chi connectivity index (χ3n) is 7.43. The zero-order valence-electron chi connectivity index (χ0n) is 23.0. The second kappa shape index (κ2) is 12.9. The van der Waals surface area contributed by atoms with Gasteiger partial charge in [-0.3, -0.25) is 14.4 Å². The number of phenolic OH excluding ortho intramolecular Hbond substituents is 1. The highest BCUT2D eigenvalue weighted by Crippen LogP contribution is 2.36. The van der Waals surface area contributed by atoms with Gasteiger partial charge in [-0.15, -0.1) is 0 Å². The molecule has 1 aromatic heterocycles. The number of nitrogens with zero attached hydrogens (tertiary/aromatic N) is 1. The molecule has 0 bridgehead atoms. The predicted molar refractivity (Wildman–Crippen MR) is 137 cm³/mol. The number of aliphatic hydroxyl groups is 1. The molecular weight excluding hydrogens is 582 g/mol. The summed E-state index contributed by atoms with van der Waals surface area (Å²) < 4.78 is 66.4. The number of benzene rings is 1. The smallest absolute Gasteiger partial charge is 0.348 e. The number of halogens is 4. The van der Waals surface area contributed by atoms with E-state index in [4.69, 9.17) is 9.47 Å². The SMILES string of the molecule is C[C@H]1OC(=O)C(C2CC2)OC(=O)[C@H](C)[C@H](O)C(CCc2c(F)nc(F)c(F)c2F)NC(=O)[C@H]1NC(=O)c1ccccc1O. The van der Waals surface area contributed by atoms with Crippen molar-refractivity contribution in [1.82, 2.24) is 15.6 Å². The fraction of sp³-hybridized carbons (Fsp3) is 0.464. The topological polar surface area (TPSA) is 164 Å². The summed E-state index contributed by atoms with van der Waals surface area (Å²) in [6.45, 7) is 2.50. The van der Waals surface area contributed by atoms with Crippen molar-refractivity contribution in [2.75, 3.05) is 0 Å². The minimum atomic E-state index is -2.02. The average Bonchev–Trinajstić information content (AvgIpc) is 3.80. The minimum absolute atomic E-state index is 0.216. The van der Waals surface area contributed by atoms with Crippen LogP contribution in [0.25, 0.3) is 0 Å². The highest BCUT2D eigenvalue weighted by atomic mass is 19.2. The number of aromatic hydroxyl groups is 1. The number of hydrogen-bond donors (Lipinski definition) is 4. The van der Waals surface area contributed by atoms with Crippen LogP contribution in [0, 0.1) is 35.4 Å². The molecular formula is C28H29F4N3O8. The molecule has 1 saturated heterocycles. The highest BCUT2D eigenvalue weighted by Gasteiger charge is 2.45. The van der Waals surface area contributed by atoms with Gasteiger partial charge >= 0.3 is 11.9 Å². The molecule has 2 aliphatic rings. The largest absolute Gasteiger partial charge is 0.507 e. The van der Waals surface area contributed by atoms with E-state index < -0.39 is 108 Å². The third-order valence-corrected chi connectivity index (χ3v) is 7.43. The summed E-state index contributed by atoms with van der Waals surface area (Å²) in [7, 11) is 0. The van der Waals surface area contributed by atoms with E-state index in [1.807, 2.05) is 0 Å². The molecule has 2 aromatic rings. The Hall–Kier alpha value is -4.27. The van der Waals surface area contributed by atoms with E-state index in [1.54, 1.807) is 0 Å². The maximum Gasteiger partial charge on any atom is 0.348 e. The molecule has 232 valence electrons. The number of phenols is 1. The fourth-order valence-corrected chi connectivity index (χ4v) is 4.69. The lowest BCUT2D eigenvalue weighted by Gasteiger charge is -2.33. The van der Waals surface area contributed by atoms with Crippen LogP contribution >= 0.6 is 0 Å². The molecule has 43 heavy (non-hydrogen) atoms. The Morgan fingerprint density at radius 1 is 1.02 bits per heavy atom. The minimum Gasteiger partial charge on any atom is -0.507 e. The Labute approximate surface area is 242 Å². The van der Waals surface area contributed by atoms with Crippen LogP contribution in [0.5, 0.6) is 5.75 Å². The van der Waals surface area contributed by atoms with Gasteiger partial charge in [0.2, 0.25) is 23.8 Å². The number of carbonyl (C=O) groups is 4. The summed E-state index contributed by atoms with van der Waals surface area (Å²) in [5.41, 5.74) is -1.19. The van der Waals surface area contributed by atoms with Crippen molar-refractivity contribution in [1.29, 1.82) is 0 Å². The quantitative estimate of drug-likeness (QED) is 0.217. The number of aliphatic hydroxyl groups excluding tert-OH is 1. The number of hydrogen-bond acceptors (Lipinski definition) is 9. The average molecular weight is 612 g/mol. The van der Waals surface area contributed by atoms with Gasteiger partial charge < -0.3 is 30.3 Å². The summed E-state index contributed by atoms with van der Waals surface area (Å²) in [4.78, 5) is 55.1. The standard InChI is InChI=1S/C28H29F4N3O8/c1-11-21(37)16(10-9-15-18(29)19(30)24(32)35-23(15)31)33-26(39)20(34-25(38)14-5-3-4-6-17(14)36)12(2)42-28(41)22(13-7-8-13)43-27(11)40/h3-6,11-13,16,20-22,36-37H,7-10H2,1-2H3,(H,33,39)(H,34,38)/t11-,12-,16?,20+,21+,22?/m1/s1. The molecule has 1 aromatic carbocycles. The van der Waals surface area contributed by atoms with Gasteiger partial charge in [-0.05, 0) is 51.7 Å². The van der Waals surface area contributed by atoms with Gasteiger partial charge in [-0.25, -0.2) is 9.18 Å². The van der Waals surface area contributed by atoms with E-state index in [0.29, 0.717) is 12.8 Å². The van der Waals surface area contributed by atoms with E-state index in [9.17, 15) is 47.0 Å². The third kappa shape index (κ3) is 7.04. The first kappa shape index (κ1) is 31.7. The number of ether oxygens (including phenoxy) is 2. The molecule has 2 heterocycles. The molecule has 2 amide bonds. The van der Waals surface area contributed by atoms with Gasteiger partial charge in [-0.2, -0.15) is 18.2 Å². The number of rotatable bonds is 6. The van der Waals surface area contributed by atoms with E-state index in [-0.39, 0.29) is 11.5 Å². The molecule has 1 saturated carbocycles. The molecule has 2 unspecified atom stereocenters. The Morgan fingerprint density at radius 2 is 1.70 bits per heavy atom. The second-order valence-electron chi connectivity index (χ2n) is 10.5. The molecule has 4 N–H and O–H groups in total. The predicted octanol–water partition coefficient (Wildman–Crippen LogP) is 1.82. The van der Waals surface area contributed by atoms with Crippen LogP contribution in [0.3, 0.4) is 0 Å². The number of pyridine rings is 1. The van der Waals surface area contributed by atoms with Gasteiger partial charge in [-0.1, -0.05) is 12.1 Å². The van der Waals surface area contributed by atoms with E-state index in [2.05, 4.69) is 15.6 Å². The number of cyclic esters (lactones) is 2. The summed E-state index contributed by atoms with van der Waals surface area (Å²) in [5, 5.41) is 25.9. The van der Waals surface area contributed by atoms with Crippen LogP contribution in [0.4, 0.5) is 17.6 Å². The first-order valence-electron chi connectivity index (χ1n) is 13.5. The molecule has 0 radical (unpaired) electrons. The van der Waals surface area contributed by atoms with Crippen molar-refractivity contribution in [3.05, 3.63) is 58.9 Å². The molecule has 1 aliphatic carbocycles. The number of amides is 2. The van der Waals surface area contributed by atoms with Gasteiger partial charge in [0.25, 0.3) is 11.9 Å². The van der Waals surface area contributed by atoms with Crippen molar-refractivity contribution in [2.45, 2.75) is 69.9 Å². The zero-order chi connectivity index (χ0) is 31.6. The highest BCUT2D eigenvalue weighted by molar-refractivity contribution is 5.99. The van der Waals surface area contributed by atoms with Gasteiger partial charge in [0.1, 0.15) is 17.9 Å². The first-order valence-corrected chi connectivity index (χ1v) is 13.5. The number of nitrogens with one attached hydrogen (secondary N) is 2. The number of para-hydroxylation sites is 1. The lowest BCUT2D eigenvalue weighted by Crippen LogP contribution is -2.59. The molecule has 6 atom stereocenters. The molecule has 1 aliphatic heterocycles. The Morgan fingerprint density at radius 3 is 2.35 bits per heavy atom. The fourth-order valence-electron chi connectivity index (χ4n) is 4.69. The summed E-state index contributed by atoms with van der Waals surface area (Å²) in [6, 6.07) is 2.28. The monoisotopic (exact) mass is 611 g/mol. The lowest BCUT2D eigenvalue weighted by atomic mass is 9.92. The lowest BCUT2D eigenvalue weighted by molar-refractivity contribution is -0.178. The maximum atomic E-state index is 14.3. The van der Waals surface area contributed by atoms with Gasteiger partial charge in [0, 0.05) is 11.5 Å². The van der Waals surface area contributed by atoms with E-state index in [0.717, 1.165) is 0 Å². The second-order valence-corrected chi connectivity index (χ2v) is 10.5. The van der Waals surface area contributed by atoms with Crippen LogP contribution < -0.4 is 10.6 Å². The van der Waals surface area contributed by atoms with Crippen molar-refractivity contribution < 1.29 is 56.4 Å². The first-order chi connectivity index (χ1) is 20.3. The summed E-state index contributed by atoms with van der Waals surface area (Å²) in [5.74, 6) is -13.7. The Balaban J connectivity index is 1.67. The van der Waals surface area contributed by atoms with Crippen LogP contribution in [0.15, 0.2) is 24.3 Å². The number of aromatic nitrogens is 1. The molecule has 4 rings (SSSR count). The Kier molecular flexibility index (Phi) is 9.52. The molecule has 15 heteroatoms. The maximum absolute atomic E-state index is 14.3. The molecule has 11 nitrogen and oxygen atoms in total. The van der Waals surface area contributed by atoms with Crippen molar-refractivity contribution in [3.8, 4) is 5.75 Å². The Bertz CT molecular complexity index is 1420. The van der Waals surface area contributed by atoms with Crippen molar-refractivity contribution >= 4 is 23.8 Å².